The van der Waals surface area contributed by atoms with E-state index < -0.39 is 0 Å². The number of carbonyl (C=O) groups excluding carboxylic acids is 1. The van der Waals surface area contributed by atoms with Crippen molar-refractivity contribution >= 4 is 29.2 Å². The molecule has 2 fully saturated rings. The van der Waals surface area contributed by atoms with Crippen LogP contribution in [0.4, 0.5) is 0 Å². The predicted molar refractivity (Wildman–Crippen MR) is 134 cm³/mol. The van der Waals surface area contributed by atoms with Crippen LogP contribution in [0.15, 0.2) is 24.4 Å². The molecule has 1 aromatic carbocycles. The zero-order valence-corrected chi connectivity index (χ0v) is 20.1. The van der Waals surface area contributed by atoms with Crippen molar-refractivity contribution in [2.75, 3.05) is 26.2 Å². The maximum Gasteiger partial charge on any atom is 0.253 e. The lowest BCUT2D eigenvalue weighted by molar-refractivity contribution is 0.0623. The van der Waals surface area contributed by atoms with Crippen LogP contribution >= 0.6 is 12.4 Å². The summed E-state index contributed by atoms with van der Waals surface area (Å²) in [7, 11) is 0. The number of nitrogens with one attached hydrogen (secondary N) is 2. The van der Waals surface area contributed by atoms with Crippen molar-refractivity contribution in [3.63, 3.8) is 0 Å². The van der Waals surface area contributed by atoms with Gasteiger partial charge in [0.1, 0.15) is 0 Å². The summed E-state index contributed by atoms with van der Waals surface area (Å²) >= 11 is 0. The molecule has 33 heavy (non-hydrogen) atoms. The lowest BCUT2D eigenvalue weighted by Gasteiger charge is -2.38. The molecule has 2 aromatic heterocycles. The SMILES string of the molecule is Cl.O=C(c1ccc2[nH]c3c(c2c1)CCCc1cn[nH]c1-3)N1CCC(N2CCCCCC2)CC1. The van der Waals surface area contributed by atoms with Crippen LogP contribution in [-0.2, 0) is 12.8 Å². The smallest absolute Gasteiger partial charge is 0.253 e. The highest BCUT2D eigenvalue weighted by Gasteiger charge is 2.28. The van der Waals surface area contributed by atoms with Crippen molar-refractivity contribution in [1.82, 2.24) is 25.0 Å². The third-order valence-electron chi connectivity index (χ3n) is 7.90. The van der Waals surface area contributed by atoms with Gasteiger partial charge in [-0.1, -0.05) is 12.8 Å². The number of likely N-dealkylation sites (tertiary alicyclic amines) is 2. The van der Waals surface area contributed by atoms with Gasteiger partial charge in [0.05, 0.1) is 17.6 Å². The molecule has 6 nitrogen and oxygen atoms in total. The van der Waals surface area contributed by atoms with E-state index in [-0.39, 0.29) is 18.3 Å². The number of amides is 1. The minimum Gasteiger partial charge on any atom is -0.353 e. The van der Waals surface area contributed by atoms with Gasteiger partial charge in [0, 0.05) is 35.6 Å². The molecule has 176 valence electrons. The number of halogens is 1. The number of piperidine rings is 1. The number of rotatable bonds is 2. The van der Waals surface area contributed by atoms with Crippen LogP contribution < -0.4 is 0 Å². The Morgan fingerprint density at radius 2 is 1.73 bits per heavy atom. The molecule has 1 amide bonds. The first-order valence-corrected chi connectivity index (χ1v) is 12.5. The quantitative estimate of drug-likeness (QED) is 0.560. The normalized spacial score (nSPS) is 19.9. The van der Waals surface area contributed by atoms with Crippen LogP contribution in [0, 0.1) is 0 Å². The molecule has 2 N–H and O–H groups in total. The Balaban J connectivity index is 0.00000228. The predicted octanol–water partition coefficient (Wildman–Crippen LogP) is 4.95. The summed E-state index contributed by atoms with van der Waals surface area (Å²) in [6.45, 7) is 4.24. The fourth-order valence-corrected chi connectivity index (χ4v) is 6.10. The monoisotopic (exact) mass is 467 g/mol. The first kappa shape index (κ1) is 22.5. The molecule has 2 aliphatic heterocycles. The number of nitrogens with zero attached hydrogens (tertiary/aromatic N) is 3. The van der Waals surface area contributed by atoms with Crippen molar-refractivity contribution in [3.8, 4) is 11.4 Å². The van der Waals surface area contributed by atoms with E-state index in [9.17, 15) is 4.79 Å². The molecule has 3 aromatic rings. The number of aromatic amines is 2. The molecule has 1 aliphatic carbocycles. The molecular weight excluding hydrogens is 434 g/mol. The Morgan fingerprint density at radius 1 is 0.939 bits per heavy atom. The van der Waals surface area contributed by atoms with Gasteiger partial charge in [0.2, 0.25) is 0 Å². The average Bonchev–Trinajstić information content (AvgIpc) is 3.27. The third kappa shape index (κ3) is 4.19. The van der Waals surface area contributed by atoms with Crippen molar-refractivity contribution in [1.29, 1.82) is 0 Å². The number of H-pyrrole nitrogens is 2. The van der Waals surface area contributed by atoms with Crippen LogP contribution in [0.25, 0.3) is 22.3 Å². The van der Waals surface area contributed by atoms with Crippen LogP contribution in [0.2, 0.25) is 0 Å². The Labute approximate surface area is 201 Å². The highest BCUT2D eigenvalue weighted by atomic mass is 35.5. The third-order valence-corrected chi connectivity index (χ3v) is 7.90. The molecule has 0 bridgehead atoms. The second kappa shape index (κ2) is 9.51. The minimum absolute atomic E-state index is 0. The molecule has 0 atom stereocenters. The largest absolute Gasteiger partial charge is 0.353 e. The van der Waals surface area contributed by atoms with Crippen molar-refractivity contribution in [2.45, 2.75) is 63.8 Å². The second-order valence-corrected chi connectivity index (χ2v) is 9.84. The van der Waals surface area contributed by atoms with Gasteiger partial charge in [0.15, 0.2) is 0 Å². The van der Waals surface area contributed by atoms with E-state index in [4.69, 9.17) is 0 Å². The minimum atomic E-state index is 0. The molecular formula is C26H34ClN5O. The zero-order chi connectivity index (χ0) is 21.5. The summed E-state index contributed by atoms with van der Waals surface area (Å²) in [5.74, 6) is 0.187. The van der Waals surface area contributed by atoms with E-state index in [1.807, 2.05) is 12.3 Å². The first-order valence-electron chi connectivity index (χ1n) is 12.5. The van der Waals surface area contributed by atoms with E-state index in [0.717, 1.165) is 67.7 Å². The van der Waals surface area contributed by atoms with Gasteiger partial charge in [-0.3, -0.25) is 9.89 Å². The highest BCUT2D eigenvalue weighted by Crippen LogP contribution is 2.36. The fraction of sp³-hybridized carbons (Fsp3) is 0.538. The summed E-state index contributed by atoms with van der Waals surface area (Å²) < 4.78 is 0. The van der Waals surface area contributed by atoms with E-state index in [1.165, 1.54) is 55.3 Å². The topological polar surface area (TPSA) is 68.0 Å². The van der Waals surface area contributed by atoms with Gasteiger partial charge in [-0.15, -0.1) is 12.4 Å². The number of benzene rings is 1. The van der Waals surface area contributed by atoms with Gasteiger partial charge in [-0.25, -0.2) is 0 Å². The summed E-state index contributed by atoms with van der Waals surface area (Å²) in [6.07, 6.45) is 12.8. The van der Waals surface area contributed by atoms with E-state index in [1.54, 1.807) is 0 Å². The standard InChI is InChI=1S/C26H33N5O.ClH/c32-26(31-14-10-20(11-15-31)30-12-3-1-2-4-13-30)18-8-9-23-22(16-18)21-7-5-6-19-17-27-29-24(19)25(21)28-23;/h8-9,16-17,20,28H,1-7,10-15H2,(H,27,29);1H. The maximum atomic E-state index is 13.4. The molecule has 4 heterocycles. The Hall–Kier alpha value is -2.31. The van der Waals surface area contributed by atoms with Gasteiger partial charge in [-0.2, -0.15) is 5.10 Å². The van der Waals surface area contributed by atoms with Crippen molar-refractivity contribution in [2.24, 2.45) is 0 Å². The number of fused-ring (bicyclic) bond motifs is 5. The van der Waals surface area contributed by atoms with Crippen LogP contribution in [0.3, 0.4) is 0 Å². The average molecular weight is 468 g/mol. The number of aromatic nitrogens is 3. The molecule has 3 aliphatic rings. The van der Waals surface area contributed by atoms with E-state index in [0.29, 0.717) is 6.04 Å². The van der Waals surface area contributed by atoms with E-state index in [2.05, 4.69) is 37.1 Å². The molecule has 0 unspecified atom stereocenters. The number of hydrogen-bond donors (Lipinski definition) is 2. The fourth-order valence-electron chi connectivity index (χ4n) is 6.10. The Kier molecular flexibility index (Phi) is 6.48. The highest BCUT2D eigenvalue weighted by molar-refractivity contribution is 6.00. The van der Waals surface area contributed by atoms with Crippen LogP contribution in [-0.4, -0.2) is 63.1 Å². The molecule has 6 rings (SSSR count). The van der Waals surface area contributed by atoms with Gasteiger partial charge < -0.3 is 14.8 Å². The summed E-state index contributed by atoms with van der Waals surface area (Å²) in [5, 5.41) is 8.62. The van der Waals surface area contributed by atoms with Gasteiger partial charge in [-0.05, 0) is 87.4 Å². The number of aryl methyl sites for hydroxylation is 2. The van der Waals surface area contributed by atoms with Crippen molar-refractivity contribution < 1.29 is 4.79 Å². The molecule has 7 heteroatoms. The van der Waals surface area contributed by atoms with Crippen LogP contribution in [0.1, 0.15) is 66.4 Å². The lowest BCUT2D eigenvalue weighted by Crippen LogP contribution is -2.47. The summed E-state index contributed by atoms with van der Waals surface area (Å²) in [4.78, 5) is 21.7. The zero-order valence-electron chi connectivity index (χ0n) is 19.2. The number of carbonyl (C=O) groups is 1. The summed E-state index contributed by atoms with van der Waals surface area (Å²) in [6, 6.07) is 6.85. The van der Waals surface area contributed by atoms with Gasteiger partial charge in [0.25, 0.3) is 5.91 Å². The Morgan fingerprint density at radius 3 is 2.52 bits per heavy atom. The maximum absolute atomic E-state index is 13.4. The molecule has 2 saturated heterocycles. The van der Waals surface area contributed by atoms with Crippen LogP contribution in [0.5, 0.6) is 0 Å². The number of hydrogen-bond acceptors (Lipinski definition) is 3. The molecule has 0 spiro atoms. The first-order chi connectivity index (χ1) is 15.8. The summed E-state index contributed by atoms with van der Waals surface area (Å²) in [5.41, 5.74) is 6.77. The molecule has 0 saturated carbocycles. The second-order valence-electron chi connectivity index (χ2n) is 9.84. The lowest BCUT2D eigenvalue weighted by atomic mass is 10.0. The Bertz CT molecular complexity index is 1120. The van der Waals surface area contributed by atoms with Crippen molar-refractivity contribution in [3.05, 3.63) is 41.1 Å². The molecule has 0 radical (unpaired) electrons. The van der Waals surface area contributed by atoms with E-state index >= 15 is 0 Å². The van der Waals surface area contributed by atoms with Gasteiger partial charge >= 0.3 is 0 Å².